The van der Waals surface area contributed by atoms with Gasteiger partial charge in [0.25, 0.3) is 6.71 Å². The fraction of sp³-hybridized carbons (Fsp3) is 0.0426. The molecule has 2 heterocycles. The highest BCUT2D eigenvalue weighted by atomic mass is 28.3. The largest absolute Gasteiger partial charge is 0.311 e. The summed E-state index contributed by atoms with van der Waals surface area (Å²) in [6.07, 6.45) is 0. The average Bonchev–Trinajstić information content (AvgIpc) is 0.691. The summed E-state index contributed by atoms with van der Waals surface area (Å²) in [5.41, 5.74) is 21.4. The molecule has 0 radical (unpaired) electrons. The minimum atomic E-state index is -3.26. The normalized spacial score (nSPS) is 12.5. The molecule has 0 saturated carbocycles. The van der Waals surface area contributed by atoms with Crippen LogP contribution in [0.3, 0.4) is 0 Å². The minimum absolute atomic E-state index is 0.119. The van der Waals surface area contributed by atoms with Crippen LogP contribution in [0.2, 0.25) is 0 Å². The van der Waals surface area contributed by atoms with E-state index in [1.807, 2.05) is 0 Å². The van der Waals surface area contributed by atoms with Gasteiger partial charge in [0.1, 0.15) is 0 Å². The van der Waals surface area contributed by atoms with Crippen LogP contribution >= 0.6 is 0 Å². The van der Waals surface area contributed by atoms with Crippen LogP contribution in [0.15, 0.2) is 388 Å². The Bertz CT molecular complexity index is 5340. The zero-order valence-corrected chi connectivity index (χ0v) is 57.9. The molecule has 2 aliphatic rings. The molecule has 0 unspecified atom stereocenters. The molecule has 470 valence electrons. The van der Waals surface area contributed by atoms with E-state index in [9.17, 15) is 0 Å². The summed E-state index contributed by atoms with van der Waals surface area (Å²) >= 11 is 0. The number of hydrogen-bond donors (Lipinski definition) is 0. The van der Waals surface area contributed by atoms with Crippen LogP contribution in [0, 0.1) is 0 Å². The molecule has 0 N–H and O–H groups in total. The van der Waals surface area contributed by atoms with E-state index in [0.717, 1.165) is 28.4 Å². The van der Waals surface area contributed by atoms with Crippen molar-refractivity contribution in [2.75, 3.05) is 9.80 Å². The third kappa shape index (κ3) is 10.5. The van der Waals surface area contributed by atoms with Gasteiger partial charge < -0.3 is 9.80 Å². The van der Waals surface area contributed by atoms with Gasteiger partial charge in [-0.05, 0) is 145 Å². The summed E-state index contributed by atoms with van der Waals surface area (Å²) in [5.74, 6) is 0. The molecule has 0 aliphatic carbocycles. The van der Waals surface area contributed by atoms with Crippen LogP contribution in [0.1, 0.15) is 26.3 Å². The Balaban J connectivity index is 1.01. The molecule has 15 aromatic carbocycles. The lowest BCUT2D eigenvalue weighted by Crippen LogP contribution is -2.75. The van der Waals surface area contributed by atoms with Gasteiger partial charge >= 0.3 is 0 Å². The van der Waals surface area contributed by atoms with Crippen LogP contribution in [0.5, 0.6) is 0 Å². The second kappa shape index (κ2) is 25.4. The van der Waals surface area contributed by atoms with Crippen molar-refractivity contribution < 1.29 is 0 Å². The number of rotatable bonds is 14. The number of anilines is 6. The lowest BCUT2D eigenvalue weighted by atomic mass is 9.33. The van der Waals surface area contributed by atoms with E-state index in [-0.39, 0.29) is 12.1 Å². The zero-order valence-electron chi connectivity index (χ0n) is 55.9. The predicted molar refractivity (Wildman–Crippen MR) is 428 cm³/mol. The Kier molecular flexibility index (Phi) is 15.7. The molecule has 99 heavy (non-hydrogen) atoms. The highest BCUT2D eigenvalue weighted by Crippen LogP contribution is 2.49. The van der Waals surface area contributed by atoms with Crippen LogP contribution in [0.25, 0.3) is 44.5 Å². The van der Waals surface area contributed by atoms with Gasteiger partial charge in [0, 0.05) is 33.9 Å². The monoisotopic (exact) mass is 1300 g/mol. The van der Waals surface area contributed by atoms with Crippen molar-refractivity contribution >= 4 is 115 Å². The third-order valence-electron chi connectivity index (χ3n) is 20.9. The summed E-state index contributed by atoms with van der Waals surface area (Å²) in [6, 6.07) is 148. The van der Waals surface area contributed by atoms with E-state index in [1.165, 1.54) is 114 Å². The maximum atomic E-state index is 2.68. The molecule has 2 aliphatic heterocycles. The maximum absolute atomic E-state index is 3.26. The molecule has 0 aromatic heterocycles. The van der Waals surface area contributed by atoms with Crippen LogP contribution in [-0.4, -0.2) is 22.9 Å². The summed E-state index contributed by atoms with van der Waals surface area (Å²) in [5, 5.41) is 10.6. The molecule has 0 bridgehead atoms. The molecule has 0 fully saturated rings. The summed E-state index contributed by atoms with van der Waals surface area (Å²) in [4.78, 5) is 5.29. The van der Waals surface area contributed by atoms with Crippen molar-refractivity contribution in [3.63, 3.8) is 0 Å². The second-order valence-electron chi connectivity index (χ2n) is 27.4. The highest BCUT2D eigenvalue weighted by molar-refractivity contribution is 7.21. The first-order chi connectivity index (χ1) is 48.8. The number of para-hydroxylation sites is 1. The molecule has 2 nitrogen and oxygen atoms in total. The fourth-order valence-electron chi connectivity index (χ4n) is 16.4. The summed E-state index contributed by atoms with van der Waals surface area (Å²) < 4.78 is 0. The Hall–Kier alpha value is -11.6. The zero-order chi connectivity index (χ0) is 66.5. The Morgan fingerprint density at radius 2 is 0.566 bits per heavy atom. The van der Waals surface area contributed by atoms with E-state index in [2.05, 4.69) is 419 Å². The van der Waals surface area contributed by atoms with Gasteiger partial charge in [-0.2, -0.15) is 0 Å². The lowest BCUT2D eigenvalue weighted by Gasteiger charge is -2.46. The van der Waals surface area contributed by atoms with E-state index in [0.29, 0.717) is 0 Å². The first-order valence-electron chi connectivity index (χ1n) is 34.7. The van der Waals surface area contributed by atoms with Gasteiger partial charge in [-0.3, -0.25) is 0 Å². The Morgan fingerprint density at radius 3 is 1.05 bits per heavy atom. The molecular weight excluding hydrogens is 1220 g/mol. The van der Waals surface area contributed by atoms with E-state index >= 15 is 0 Å². The molecular formula is C94H73BN2Si2. The topological polar surface area (TPSA) is 6.48 Å². The Morgan fingerprint density at radius 1 is 0.222 bits per heavy atom. The van der Waals surface area contributed by atoms with E-state index < -0.39 is 16.1 Å². The van der Waals surface area contributed by atoms with Crippen LogP contribution < -0.4 is 67.7 Å². The lowest BCUT2D eigenvalue weighted by molar-refractivity contribution is 0.590. The van der Waals surface area contributed by atoms with Gasteiger partial charge in [-0.25, -0.2) is 0 Å². The van der Waals surface area contributed by atoms with Crippen molar-refractivity contribution in [3.8, 4) is 44.5 Å². The standard InChI is InChI=1S/C94H73BN2Si2/c1-94(2,3)74-57-61-88(84(65-74)71-39-18-7-19-40-71)97-91-56-32-55-90-93(91)95(85-60-58-82(67-92(85)97)99(77-47-24-10-25-48-77,78-49-26-11-27-50-78)80-52-31-42-73(64-80)69-35-14-5-15-36-69)86-66-81(59-62-89(86)96(90)87-54-29-28-53-83(87)70-37-16-6-17-38-70)98(75-43-20-8-21-44-75,76-45-22-9-23-46-76)79-51-30-41-72(63-79)68-33-12-4-13-34-68/h4-67H,1-3H3. The van der Waals surface area contributed by atoms with Crippen molar-refractivity contribution in [2.24, 2.45) is 0 Å². The maximum Gasteiger partial charge on any atom is 0.252 e. The van der Waals surface area contributed by atoms with Gasteiger partial charge in [-0.1, -0.05) is 367 Å². The molecule has 15 aromatic rings. The number of benzene rings is 15. The predicted octanol–water partition coefficient (Wildman–Crippen LogP) is 16.5. The molecule has 5 heteroatoms. The van der Waals surface area contributed by atoms with Gasteiger partial charge in [0.2, 0.25) is 0 Å². The van der Waals surface area contributed by atoms with E-state index in [4.69, 9.17) is 0 Å². The Labute approximate surface area is 585 Å². The molecule has 0 spiro atoms. The quantitative estimate of drug-likeness (QED) is 0.0791. The molecule has 0 saturated heterocycles. The highest BCUT2D eigenvalue weighted by Gasteiger charge is 2.49. The third-order valence-corrected chi connectivity index (χ3v) is 30.4. The van der Waals surface area contributed by atoms with Crippen molar-refractivity contribution in [2.45, 2.75) is 26.2 Å². The first kappa shape index (κ1) is 61.0. The number of fused-ring (bicyclic) bond motifs is 4. The summed E-state index contributed by atoms with van der Waals surface area (Å²) in [7, 11) is -6.50. The smallest absolute Gasteiger partial charge is 0.252 e. The molecule has 17 rings (SSSR count). The molecule has 0 atom stereocenters. The summed E-state index contributed by atoms with van der Waals surface area (Å²) in [6.45, 7) is 6.78. The van der Waals surface area contributed by atoms with Gasteiger partial charge in [0.15, 0.2) is 16.1 Å². The van der Waals surface area contributed by atoms with E-state index in [1.54, 1.807) is 0 Å². The number of hydrogen-bond acceptors (Lipinski definition) is 2. The number of nitrogens with zero attached hydrogens (tertiary/aromatic N) is 2. The molecule has 0 amide bonds. The van der Waals surface area contributed by atoms with Gasteiger partial charge in [0.05, 0.1) is 11.4 Å². The van der Waals surface area contributed by atoms with Crippen molar-refractivity contribution in [3.05, 3.63) is 394 Å². The SMILES string of the molecule is CC(C)(C)c1ccc(N2c3cc([Si](c4ccccc4)(c4ccccc4)c4cccc(-c5ccccc5)c4)ccc3B3c4cc([Si](c5ccccc5)(c5ccccc5)c5cccc(-c6ccccc6)c5)ccc4N(c4ccccc4-c4ccccc4)c4cccc2c43)c(-c2ccccc2)c1. The average molecular weight is 1300 g/mol. The van der Waals surface area contributed by atoms with Crippen molar-refractivity contribution in [1.29, 1.82) is 0 Å². The van der Waals surface area contributed by atoms with Gasteiger partial charge in [-0.15, -0.1) is 0 Å². The van der Waals surface area contributed by atoms with Crippen molar-refractivity contribution in [1.82, 2.24) is 0 Å². The first-order valence-corrected chi connectivity index (χ1v) is 38.7. The fourth-order valence-corrected chi connectivity index (χ4v) is 26.0. The minimum Gasteiger partial charge on any atom is -0.311 e. The van der Waals surface area contributed by atoms with Crippen LogP contribution in [0.4, 0.5) is 34.1 Å². The second-order valence-corrected chi connectivity index (χ2v) is 35.1. The van der Waals surface area contributed by atoms with Crippen LogP contribution in [-0.2, 0) is 5.41 Å².